The first-order valence-electron chi connectivity index (χ1n) is 11.4. The Morgan fingerprint density at radius 1 is 0.895 bits per heavy atom. The van der Waals surface area contributed by atoms with Crippen molar-refractivity contribution in [1.82, 2.24) is 0 Å². The summed E-state index contributed by atoms with van der Waals surface area (Å²) in [6.45, 7) is 0. The molecule has 0 N–H and O–H groups in total. The van der Waals surface area contributed by atoms with Gasteiger partial charge >= 0.3 is 0 Å². The standard InChI is InChI=1S/C26H22ClN3O8/c1-35-19-12-11-18(22(36-2)23(19)37-3)21-20-24(38-29(21)16-5-4-6-17(13-16)30(33)34)26(32)28(25(20)31)15-9-7-14(27)8-10-15/h4-13,20-21,24H,1-3H3/t20-,21+,24-/m1/s1. The van der Waals surface area contributed by atoms with Gasteiger partial charge in [0, 0.05) is 22.7 Å². The summed E-state index contributed by atoms with van der Waals surface area (Å²) in [5, 5.41) is 13.3. The minimum atomic E-state index is -1.19. The van der Waals surface area contributed by atoms with E-state index in [2.05, 4.69) is 0 Å². The summed E-state index contributed by atoms with van der Waals surface area (Å²) in [4.78, 5) is 45.5. The number of hydrogen-bond donors (Lipinski definition) is 0. The van der Waals surface area contributed by atoms with Gasteiger partial charge < -0.3 is 14.2 Å². The molecule has 0 radical (unpaired) electrons. The van der Waals surface area contributed by atoms with Crippen molar-refractivity contribution in [3.05, 3.63) is 81.4 Å². The van der Waals surface area contributed by atoms with E-state index in [0.717, 1.165) is 4.90 Å². The van der Waals surface area contributed by atoms with Crippen LogP contribution in [0.4, 0.5) is 17.1 Å². The number of nitrogens with zero attached hydrogens (tertiary/aromatic N) is 3. The molecular formula is C26H22ClN3O8. The van der Waals surface area contributed by atoms with Crippen LogP contribution in [0.25, 0.3) is 0 Å². The summed E-state index contributed by atoms with van der Waals surface area (Å²) in [6, 6.07) is 14.5. The number of methoxy groups -OCH3 is 3. The van der Waals surface area contributed by atoms with E-state index in [1.165, 1.54) is 44.6 Å². The number of hydroxylamine groups is 1. The van der Waals surface area contributed by atoms with Gasteiger partial charge in [-0.3, -0.25) is 24.5 Å². The minimum absolute atomic E-state index is 0.179. The smallest absolute Gasteiger partial charge is 0.271 e. The Hall–Kier alpha value is -4.35. The van der Waals surface area contributed by atoms with Gasteiger partial charge in [-0.1, -0.05) is 17.7 Å². The first kappa shape index (κ1) is 25.3. The van der Waals surface area contributed by atoms with Gasteiger partial charge in [0.2, 0.25) is 11.7 Å². The molecule has 2 aliphatic rings. The molecule has 0 saturated carbocycles. The van der Waals surface area contributed by atoms with Crippen LogP contribution in [0.15, 0.2) is 60.7 Å². The molecule has 11 nitrogen and oxygen atoms in total. The van der Waals surface area contributed by atoms with E-state index in [0.29, 0.717) is 22.0 Å². The number of halogens is 1. The highest BCUT2D eigenvalue weighted by Gasteiger charge is 2.61. The van der Waals surface area contributed by atoms with E-state index in [1.54, 1.807) is 42.5 Å². The highest BCUT2D eigenvalue weighted by molar-refractivity contribution is 6.31. The van der Waals surface area contributed by atoms with E-state index >= 15 is 0 Å². The molecule has 3 atom stereocenters. The fourth-order valence-corrected chi connectivity index (χ4v) is 5.03. The number of carbonyl (C=O) groups excluding carboxylic acids is 2. The number of imide groups is 1. The predicted molar refractivity (Wildman–Crippen MR) is 137 cm³/mol. The molecule has 0 spiro atoms. The van der Waals surface area contributed by atoms with Crippen LogP contribution in [0.2, 0.25) is 5.02 Å². The summed E-state index contributed by atoms with van der Waals surface area (Å²) < 4.78 is 16.6. The van der Waals surface area contributed by atoms with E-state index in [-0.39, 0.29) is 22.9 Å². The molecule has 0 aliphatic carbocycles. The van der Waals surface area contributed by atoms with Crippen LogP contribution in [0.5, 0.6) is 17.2 Å². The lowest BCUT2D eigenvalue weighted by molar-refractivity contribution is -0.384. The molecule has 0 bridgehead atoms. The third kappa shape index (κ3) is 3.96. The molecule has 2 fully saturated rings. The van der Waals surface area contributed by atoms with Gasteiger partial charge in [-0.05, 0) is 42.5 Å². The van der Waals surface area contributed by atoms with Gasteiger partial charge in [0.05, 0.1) is 37.6 Å². The molecule has 196 valence electrons. The van der Waals surface area contributed by atoms with E-state index in [4.69, 9.17) is 30.6 Å². The van der Waals surface area contributed by atoms with Crippen molar-refractivity contribution in [2.75, 3.05) is 31.3 Å². The van der Waals surface area contributed by atoms with Crippen molar-refractivity contribution >= 4 is 40.5 Å². The van der Waals surface area contributed by atoms with Gasteiger partial charge in [-0.15, -0.1) is 0 Å². The van der Waals surface area contributed by atoms with Crippen LogP contribution >= 0.6 is 11.6 Å². The number of nitro benzene ring substituents is 1. The molecule has 0 unspecified atom stereocenters. The highest BCUT2D eigenvalue weighted by Crippen LogP contribution is 2.52. The van der Waals surface area contributed by atoms with Gasteiger partial charge in [0.1, 0.15) is 12.0 Å². The zero-order chi connectivity index (χ0) is 27.1. The van der Waals surface area contributed by atoms with E-state index in [9.17, 15) is 19.7 Å². The molecule has 0 aromatic heterocycles. The first-order chi connectivity index (χ1) is 18.3. The first-order valence-corrected chi connectivity index (χ1v) is 11.8. The Morgan fingerprint density at radius 2 is 1.61 bits per heavy atom. The molecule has 2 amide bonds. The zero-order valence-corrected chi connectivity index (χ0v) is 21.2. The SMILES string of the molecule is COc1ccc([C@H]2[C@H]3C(=O)N(c4ccc(Cl)cc4)C(=O)[C@@H]3ON2c2cccc([N+](=O)[O-])c2)c(OC)c1OC. The Labute approximate surface area is 222 Å². The summed E-state index contributed by atoms with van der Waals surface area (Å²) in [6.07, 6.45) is -1.19. The van der Waals surface area contributed by atoms with Crippen LogP contribution < -0.4 is 24.2 Å². The lowest BCUT2D eigenvalue weighted by Crippen LogP contribution is -2.37. The number of carbonyl (C=O) groups is 2. The molecule has 2 aliphatic heterocycles. The number of non-ortho nitro benzene ring substituents is 1. The van der Waals surface area contributed by atoms with E-state index in [1.807, 2.05) is 0 Å². The molecule has 5 rings (SSSR count). The van der Waals surface area contributed by atoms with Gasteiger partial charge in [-0.25, -0.2) is 9.96 Å². The van der Waals surface area contributed by atoms with Crippen LogP contribution in [-0.4, -0.2) is 44.2 Å². The average Bonchev–Trinajstić information content (AvgIpc) is 3.43. The summed E-state index contributed by atoms with van der Waals surface area (Å²) in [7, 11) is 4.36. The fourth-order valence-electron chi connectivity index (χ4n) is 4.90. The third-order valence-electron chi connectivity index (χ3n) is 6.55. The maximum atomic E-state index is 13.9. The number of rotatable bonds is 7. The minimum Gasteiger partial charge on any atom is -0.493 e. The average molecular weight is 540 g/mol. The monoisotopic (exact) mass is 539 g/mol. The highest BCUT2D eigenvalue weighted by atomic mass is 35.5. The van der Waals surface area contributed by atoms with Crippen LogP contribution in [0, 0.1) is 16.0 Å². The zero-order valence-electron chi connectivity index (χ0n) is 20.5. The number of ether oxygens (including phenoxy) is 3. The molecule has 3 aromatic rings. The predicted octanol–water partition coefficient (Wildman–Crippen LogP) is 4.33. The largest absolute Gasteiger partial charge is 0.493 e. The maximum Gasteiger partial charge on any atom is 0.271 e. The van der Waals surface area contributed by atoms with Crippen molar-refractivity contribution < 1.29 is 33.6 Å². The number of amides is 2. The summed E-state index contributed by atoms with van der Waals surface area (Å²) in [5.74, 6) is -1.15. The normalized spacial score (nSPS) is 20.5. The Morgan fingerprint density at radius 3 is 2.24 bits per heavy atom. The topological polar surface area (TPSA) is 121 Å². The number of fused-ring (bicyclic) bond motifs is 1. The Balaban J connectivity index is 1.67. The summed E-state index contributed by atoms with van der Waals surface area (Å²) >= 11 is 6.00. The number of hydrogen-bond acceptors (Lipinski definition) is 9. The molecular weight excluding hydrogens is 518 g/mol. The van der Waals surface area contributed by atoms with Gasteiger partial charge in [0.25, 0.3) is 11.6 Å². The van der Waals surface area contributed by atoms with Crippen LogP contribution in [0.3, 0.4) is 0 Å². The van der Waals surface area contributed by atoms with Gasteiger partial charge in [0.15, 0.2) is 17.6 Å². The quantitative estimate of drug-likeness (QED) is 0.245. The van der Waals surface area contributed by atoms with Crippen molar-refractivity contribution in [1.29, 1.82) is 0 Å². The Bertz CT molecular complexity index is 1430. The lowest BCUT2D eigenvalue weighted by Gasteiger charge is -2.30. The van der Waals surface area contributed by atoms with Crippen molar-refractivity contribution in [3.63, 3.8) is 0 Å². The second-order valence-electron chi connectivity index (χ2n) is 8.51. The summed E-state index contributed by atoms with van der Waals surface area (Å²) in [5.41, 5.74) is 0.918. The molecule has 38 heavy (non-hydrogen) atoms. The molecule has 12 heteroatoms. The molecule has 2 saturated heterocycles. The van der Waals surface area contributed by atoms with Crippen molar-refractivity contribution in [3.8, 4) is 17.2 Å². The Kier molecular flexibility index (Phi) is 6.55. The third-order valence-corrected chi connectivity index (χ3v) is 6.80. The van der Waals surface area contributed by atoms with Crippen LogP contribution in [-0.2, 0) is 14.4 Å². The lowest BCUT2D eigenvalue weighted by atomic mass is 9.89. The fraction of sp³-hybridized carbons (Fsp3) is 0.231. The van der Waals surface area contributed by atoms with Crippen molar-refractivity contribution in [2.24, 2.45) is 5.92 Å². The number of benzene rings is 3. The maximum absolute atomic E-state index is 13.9. The molecule has 3 aromatic carbocycles. The number of anilines is 2. The second-order valence-corrected chi connectivity index (χ2v) is 8.95. The number of nitro groups is 1. The second kappa shape index (κ2) is 9.84. The van der Waals surface area contributed by atoms with Gasteiger partial charge in [-0.2, -0.15) is 0 Å². The van der Waals surface area contributed by atoms with Crippen molar-refractivity contribution in [2.45, 2.75) is 12.1 Å². The van der Waals surface area contributed by atoms with Crippen LogP contribution in [0.1, 0.15) is 11.6 Å². The molecule has 2 heterocycles. The van der Waals surface area contributed by atoms with E-state index < -0.39 is 34.8 Å².